The molecular weight excluding hydrogens is 334 g/mol. The number of amides is 1. The Morgan fingerprint density at radius 3 is 2.64 bits per heavy atom. The normalized spacial score (nSPS) is 20.6. The lowest BCUT2D eigenvalue weighted by atomic mass is 9.90. The van der Waals surface area contributed by atoms with Crippen LogP contribution in [0, 0.1) is 5.92 Å². The number of anilines is 1. The number of nitrogens with zero attached hydrogens (tertiary/aromatic N) is 1. The Kier molecular flexibility index (Phi) is 5.79. The van der Waals surface area contributed by atoms with E-state index in [2.05, 4.69) is 29.5 Å². The molecule has 0 atom stereocenters. The first-order valence-electron chi connectivity index (χ1n) is 9.11. The number of hydrogen-bond acceptors (Lipinski definition) is 3. The van der Waals surface area contributed by atoms with E-state index in [4.69, 9.17) is 11.6 Å². The van der Waals surface area contributed by atoms with Crippen molar-refractivity contribution in [3.8, 4) is 0 Å². The number of carbonyl (C=O) groups excluding carboxylic acids is 1. The standard InChI is InChI=1S/C20H26ClN3O/c1-13(2)11-20(25)24-16-6-4-15(5-7-16)23-18-9-10-22-19-12-14(21)3-8-17(18)19/h3,8-10,12-13,15-16H,4-7,11H2,1-2H3,(H,22,23)(H,24,25). The summed E-state index contributed by atoms with van der Waals surface area (Å²) >= 11 is 6.06. The Balaban J connectivity index is 1.57. The van der Waals surface area contributed by atoms with Crippen molar-refractivity contribution in [1.82, 2.24) is 10.3 Å². The smallest absolute Gasteiger partial charge is 0.220 e. The van der Waals surface area contributed by atoms with Crippen LogP contribution in [0.5, 0.6) is 0 Å². The molecular formula is C20H26ClN3O. The molecule has 2 aromatic rings. The summed E-state index contributed by atoms with van der Waals surface area (Å²) in [6.45, 7) is 4.15. The maximum Gasteiger partial charge on any atom is 0.220 e. The Labute approximate surface area is 154 Å². The molecule has 0 radical (unpaired) electrons. The molecule has 134 valence electrons. The summed E-state index contributed by atoms with van der Waals surface area (Å²) in [6.07, 6.45) is 6.60. The van der Waals surface area contributed by atoms with Crippen LogP contribution < -0.4 is 10.6 Å². The van der Waals surface area contributed by atoms with Gasteiger partial charge in [-0.1, -0.05) is 25.4 Å². The summed E-state index contributed by atoms with van der Waals surface area (Å²) in [5.74, 6) is 0.592. The Hall–Kier alpha value is -1.81. The molecule has 1 amide bonds. The van der Waals surface area contributed by atoms with Crippen LogP contribution >= 0.6 is 11.6 Å². The van der Waals surface area contributed by atoms with Crippen molar-refractivity contribution in [2.45, 2.75) is 58.0 Å². The second kappa shape index (κ2) is 8.05. The second-order valence-electron chi connectivity index (χ2n) is 7.38. The molecule has 1 aliphatic rings. The van der Waals surface area contributed by atoms with Gasteiger partial charge in [-0.2, -0.15) is 0 Å². The van der Waals surface area contributed by atoms with E-state index in [0.29, 0.717) is 29.4 Å². The van der Waals surface area contributed by atoms with Gasteiger partial charge in [0.2, 0.25) is 5.91 Å². The highest BCUT2D eigenvalue weighted by atomic mass is 35.5. The van der Waals surface area contributed by atoms with Crippen molar-refractivity contribution in [1.29, 1.82) is 0 Å². The zero-order valence-corrected chi connectivity index (χ0v) is 15.6. The minimum absolute atomic E-state index is 0.184. The molecule has 0 saturated heterocycles. The van der Waals surface area contributed by atoms with Crippen molar-refractivity contribution in [2.24, 2.45) is 5.92 Å². The molecule has 4 nitrogen and oxygen atoms in total. The molecule has 1 saturated carbocycles. The number of pyridine rings is 1. The fourth-order valence-corrected chi connectivity index (χ4v) is 3.67. The number of rotatable bonds is 5. The van der Waals surface area contributed by atoms with Gasteiger partial charge in [0.05, 0.1) is 5.52 Å². The summed E-state index contributed by atoms with van der Waals surface area (Å²) in [7, 11) is 0. The van der Waals surface area contributed by atoms with Gasteiger partial charge in [-0.15, -0.1) is 0 Å². The first-order valence-corrected chi connectivity index (χ1v) is 9.49. The van der Waals surface area contributed by atoms with Crippen LogP contribution in [0.2, 0.25) is 5.02 Å². The van der Waals surface area contributed by atoms with Crippen molar-refractivity contribution in [3.63, 3.8) is 0 Å². The van der Waals surface area contributed by atoms with Gasteiger partial charge in [0.25, 0.3) is 0 Å². The first-order chi connectivity index (χ1) is 12.0. The molecule has 25 heavy (non-hydrogen) atoms. The maximum atomic E-state index is 11.9. The molecule has 1 aliphatic carbocycles. The Morgan fingerprint density at radius 2 is 1.92 bits per heavy atom. The van der Waals surface area contributed by atoms with Crippen molar-refractivity contribution < 1.29 is 4.79 Å². The van der Waals surface area contributed by atoms with E-state index >= 15 is 0 Å². The third-order valence-corrected chi connectivity index (χ3v) is 4.99. The highest BCUT2D eigenvalue weighted by molar-refractivity contribution is 6.31. The molecule has 0 unspecified atom stereocenters. The summed E-state index contributed by atoms with van der Waals surface area (Å²) in [4.78, 5) is 16.3. The molecule has 3 rings (SSSR count). The summed E-state index contributed by atoms with van der Waals surface area (Å²) in [5, 5.41) is 8.63. The maximum absolute atomic E-state index is 11.9. The first kappa shape index (κ1) is 18.0. The van der Waals surface area contributed by atoms with Crippen LogP contribution in [0.15, 0.2) is 30.5 Å². The summed E-state index contributed by atoms with van der Waals surface area (Å²) in [5.41, 5.74) is 2.01. The predicted molar refractivity (Wildman–Crippen MR) is 104 cm³/mol. The van der Waals surface area contributed by atoms with Crippen LogP contribution in [-0.2, 0) is 4.79 Å². The van der Waals surface area contributed by atoms with Gasteiger partial charge < -0.3 is 10.6 Å². The minimum Gasteiger partial charge on any atom is -0.382 e. The van der Waals surface area contributed by atoms with E-state index in [0.717, 1.165) is 42.3 Å². The lowest BCUT2D eigenvalue weighted by Crippen LogP contribution is -2.40. The third kappa shape index (κ3) is 4.85. The fourth-order valence-electron chi connectivity index (χ4n) is 3.51. The fraction of sp³-hybridized carbons (Fsp3) is 0.500. The van der Waals surface area contributed by atoms with Crippen LogP contribution in [0.4, 0.5) is 5.69 Å². The largest absolute Gasteiger partial charge is 0.382 e. The highest BCUT2D eigenvalue weighted by Gasteiger charge is 2.23. The van der Waals surface area contributed by atoms with Crippen molar-refractivity contribution in [2.75, 3.05) is 5.32 Å². The Bertz CT molecular complexity index is 739. The lowest BCUT2D eigenvalue weighted by molar-refractivity contribution is -0.122. The molecule has 2 N–H and O–H groups in total. The van der Waals surface area contributed by atoms with Crippen LogP contribution in [-0.4, -0.2) is 23.0 Å². The van der Waals surface area contributed by atoms with Crippen LogP contribution in [0.1, 0.15) is 46.0 Å². The quantitative estimate of drug-likeness (QED) is 0.808. The number of carbonyl (C=O) groups is 1. The van der Waals surface area contributed by atoms with Crippen molar-refractivity contribution >= 4 is 34.1 Å². The minimum atomic E-state index is 0.184. The molecule has 1 fully saturated rings. The summed E-state index contributed by atoms with van der Waals surface area (Å²) < 4.78 is 0. The zero-order valence-electron chi connectivity index (χ0n) is 14.9. The number of nitrogens with one attached hydrogen (secondary N) is 2. The molecule has 1 heterocycles. The van der Waals surface area contributed by atoms with E-state index < -0.39 is 0 Å². The number of hydrogen-bond donors (Lipinski definition) is 2. The van der Waals surface area contributed by atoms with Gasteiger partial charge in [0.1, 0.15) is 0 Å². The molecule has 1 aromatic heterocycles. The topological polar surface area (TPSA) is 54.0 Å². The van der Waals surface area contributed by atoms with Gasteiger partial charge in [0.15, 0.2) is 0 Å². The molecule has 5 heteroatoms. The molecule has 0 spiro atoms. The monoisotopic (exact) mass is 359 g/mol. The van der Waals surface area contributed by atoms with Gasteiger partial charge in [0, 0.05) is 40.8 Å². The molecule has 0 aliphatic heterocycles. The highest BCUT2D eigenvalue weighted by Crippen LogP contribution is 2.28. The third-order valence-electron chi connectivity index (χ3n) is 4.75. The van der Waals surface area contributed by atoms with E-state index in [1.54, 1.807) is 0 Å². The number of fused-ring (bicyclic) bond motifs is 1. The van der Waals surface area contributed by atoms with Crippen molar-refractivity contribution in [3.05, 3.63) is 35.5 Å². The van der Waals surface area contributed by atoms with E-state index in [9.17, 15) is 4.79 Å². The Morgan fingerprint density at radius 1 is 1.20 bits per heavy atom. The van der Waals surface area contributed by atoms with E-state index in [1.807, 2.05) is 30.5 Å². The number of aromatic nitrogens is 1. The van der Waals surface area contributed by atoms with Gasteiger partial charge >= 0.3 is 0 Å². The lowest BCUT2D eigenvalue weighted by Gasteiger charge is -2.30. The van der Waals surface area contributed by atoms with E-state index in [1.165, 1.54) is 0 Å². The zero-order chi connectivity index (χ0) is 17.8. The number of benzene rings is 1. The average molecular weight is 360 g/mol. The number of halogens is 1. The average Bonchev–Trinajstić information content (AvgIpc) is 2.56. The van der Waals surface area contributed by atoms with Gasteiger partial charge in [-0.3, -0.25) is 9.78 Å². The van der Waals surface area contributed by atoms with Crippen LogP contribution in [0.25, 0.3) is 10.9 Å². The second-order valence-corrected chi connectivity index (χ2v) is 7.81. The van der Waals surface area contributed by atoms with Gasteiger partial charge in [-0.25, -0.2) is 0 Å². The van der Waals surface area contributed by atoms with E-state index in [-0.39, 0.29) is 5.91 Å². The summed E-state index contributed by atoms with van der Waals surface area (Å²) in [6, 6.07) is 8.58. The molecule has 0 bridgehead atoms. The SMILES string of the molecule is CC(C)CC(=O)NC1CCC(Nc2ccnc3cc(Cl)ccc23)CC1. The van der Waals surface area contributed by atoms with Gasteiger partial charge in [-0.05, 0) is 55.9 Å². The molecule has 1 aromatic carbocycles. The predicted octanol–water partition coefficient (Wildman–Crippen LogP) is 4.77. The van der Waals surface area contributed by atoms with Crippen LogP contribution in [0.3, 0.4) is 0 Å².